The molecule has 3 heterocycles. The van der Waals surface area contributed by atoms with Crippen molar-refractivity contribution >= 4 is 22.7 Å². The average molecular weight is 298 g/mol. The average Bonchev–Trinajstić information content (AvgIpc) is 3.19. The first-order valence-electron chi connectivity index (χ1n) is 6.80. The number of para-hydroxylation sites is 1. The summed E-state index contributed by atoms with van der Waals surface area (Å²) in [5.74, 6) is 1.20. The predicted octanol–water partition coefficient (Wildman–Crippen LogP) is 2.94. The Morgan fingerprint density at radius 2 is 2.19 bits per heavy atom. The summed E-state index contributed by atoms with van der Waals surface area (Å²) >= 11 is 1.59. The van der Waals surface area contributed by atoms with E-state index < -0.39 is 0 Å². The number of nitrogens with two attached hydrogens (primary N) is 1. The second-order valence-electron chi connectivity index (χ2n) is 5.00. The van der Waals surface area contributed by atoms with Crippen LogP contribution in [-0.4, -0.2) is 16.7 Å². The Labute approximate surface area is 126 Å². The summed E-state index contributed by atoms with van der Waals surface area (Å²) in [6, 6.07) is 10.0. The maximum Gasteiger partial charge on any atom is 0.257 e. The minimum Gasteiger partial charge on any atom is -0.418 e. The molecular formula is C15H14N4OS. The van der Waals surface area contributed by atoms with Crippen molar-refractivity contribution in [3.8, 4) is 10.8 Å². The number of fused-ring (bicyclic) bond motifs is 1. The van der Waals surface area contributed by atoms with Gasteiger partial charge in [-0.15, -0.1) is 21.5 Å². The largest absolute Gasteiger partial charge is 0.418 e. The van der Waals surface area contributed by atoms with Crippen LogP contribution in [0.25, 0.3) is 10.8 Å². The van der Waals surface area contributed by atoms with Crippen LogP contribution in [0.1, 0.15) is 11.5 Å². The fourth-order valence-corrected chi connectivity index (χ4v) is 3.35. The number of thiophene rings is 1. The topological polar surface area (TPSA) is 68.2 Å². The summed E-state index contributed by atoms with van der Waals surface area (Å²) < 4.78 is 5.75. The molecule has 0 aliphatic carbocycles. The first kappa shape index (κ1) is 12.4. The minimum atomic E-state index is 0.584. The third kappa shape index (κ3) is 2.17. The van der Waals surface area contributed by atoms with Crippen LogP contribution in [0.2, 0.25) is 0 Å². The molecule has 0 radical (unpaired) electrons. The molecule has 1 aliphatic rings. The molecule has 2 aromatic heterocycles. The number of aromatic nitrogens is 2. The third-order valence-corrected chi connectivity index (χ3v) is 4.50. The Kier molecular flexibility index (Phi) is 2.89. The van der Waals surface area contributed by atoms with Gasteiger partial charge in [-0.2, -0.15) is 0 Å². The maximum atomic E-state index is 6.09. The van der Waals surface area contributed by atoms with Crippen molar-refractivity contribution < 1.29 is 4.42 Å². The molecule has 5 nitrogen and oxygen atoms in total. The molecule has 0 spiro atoms. The van der Waals surface area contributed by atoms with Gasteiger partial charge < -0.3 is 15.1 Å². The van der Waals surface area contributed by atoms with Crippen LogP contribution in [0, 0.1) is 0 Å². The number of hydrogen-bond donors (Lipinski definition) is 1. The lowest BCUT2D eigenvalue weighted by atomic mass is 10.1. The van der Waals surface area contributed by atoms with Crippen LogP contribution in [0.5, 0.6) is 0 Å². The Morgan fingerprint density at radius 1 is 1.24 bits per heavy atom. The van der Waals surface area contributed by atoms with E-state index in [0.29, 0.717) is 18.3 Å². The molecule has 6 heteroatoms. The van der Waals surface area contributed by atoms with Gasteiger partial charge >= 0.3 is 0 Å². The Balaban J connectivity index is 1.59. The van der Waals surface area contributed by atoms with E-state index >= 15 is 0 Å². The third-order valence-electron chi connectivity index (χ3n) is 3.64. The summed E-state index contributed by atoms with van der Waals surface area (Å²) in [6.45, 7) is 1.53. The quantitative estimate of drug-likeness (QED) is 0.753. The summed E-state index contributed by atoms with van der Waals surface area (Å²) in [5.41, 5.74) is 9.29. The summed E-state index contributed by atoms with van der Waals surface area (Å²) in [6.07, 6.45) is 1.01. The lowest BCUT2D eigenvalue weighted by Crippen LogP contribution is -2.20. The van der Waals surface area contributed by atoms with Gasteiger partial charge in [0.25, 0.3) is 5.89 Å². The van der Waals surface area contributed by atoms with E-state index in [1.807, 2.05) is 29.6 Å². The summed E-state index contributed by atoms with van der Waals surface area (Å²) in [7, 11) is 0. The molecular weight excluding hydrogens is 284 g/mol. The predicted molar refractivity (Wildman–Crippen MR) is 83.2 cm³/mol. The van der Waals surface area contributed by atoms with E-state index in [0.717, 1.165) is 29.2 Å². The fraction of sp³-hybridized carbons (Fsp3) is 0.200. The molecule has 4 rings (SSSR count). The van der Waals surface area contributed by atoms with Gasteiger partial charge in [-0.05, 0) is 29.5 Å². The minimum absolute atomic E-state index is 0.584. The van der Waals surface area contributed by atoms with E-state index in [2.05, 4.69) is 21.2 Å². The normalized spacial score (nSPS) is 13.6. The molecule has 0 atom stereocenters. The fourth-order valence-electron chi connectivity index (χ4n) is 2.70. The van der Waals surface area contributed by atoms with E-state index in [4.69, 9.17) is 10.2 Å². The molecule has 0 amide bonds. The summed E-state index contributed by atoms with van der Waals surface area (Å²) in [5, 5.41) is 10.3. The molecule has 106 valence electrons. The highest BCUT2D eigenvalue weighted by Gasteiger charge is 2.23. The number of benzene rings is 1. The monoisotopic (exact) mass is 298 g/mol. The zero-order valence-electron chi connectivity index (χ0n) is 11.3. The van der Waals surface area contributed by atoms with Gasteiger partial charge in [-0.3, -0.25) is 0 Å². The Morgan fingerprint density at radius 3 is 3.05 bits per heavy atom. The van der Waals surface area contributed by atoms with Crippen molar-refractivity contribution in [1.82, 2.24) is 10.2 Å². The van der Waals surface area contributed by atoms with Crippen LogP contribution in [0.15, 0.2) is 40.1 Å². The van der Waals surface area contributed by atoms with Gasteiger partial charge in [0.15, 0.2) is 0 Å². The zero-order chi connectivity index (χ0) is 14.2. The number of nitrogens with zero attached hydrogens (tertiary/aromatic N) is 3. The summed E-state index contributed by atoms with van der Waals surface area (Å²) in [4.78, 5) is 3.20. The maximum absolute atomic E-state index is 6.09. The number of hydrogen-bond acceptors (Lipinski definition) is 6. The SMILES string of the molecule is Nc1cccc2c1N(Cc1nnc(-c3cccs3)o1)CC2. The molecule has 3 aromatic rings. The Hall–Kier alpha value is -2.34. The molecule has 2 N–H and O–H groups in total. The molecule has 1 aromatic carbocycles. The lowest BCUT2D eigenvalue weighted by Gasteiger charge is -2.18. The van der Waals surface area contributed by atoms with Crippen LogP contribution < -0.4 is 10.6 Å². The van der Waals surface area contributed by atoms with Gasteiger partial charge in [0.1, 0.15) is 0 Å². The second-order valence-corrected chi connectivity index (χ2v) is 5.95. The van der Waals surface area contributed by atoms with Crippen LogP contribution in [0.3, 0.4) is 0 Å². The lowest BCUT2D eigenvalue weighted by molar-refractivity contribution is 0.501. The molecule has 0 saturated heterocycles. The van der Waals surface area contributed by atoms with Crippen molar-refractivity contribution in [2.75, 3.05) is 17.2 Å². The van der Waals surface area contributed by atoms with Crippen molar-refractivity contribution in [3.05, 3.63) is 47.2 Å². The smallest absolute Gasteiger partial charge is 0.257 e. The van der Waals surface area contributed by atoms with Crippen LogP contribution in [0.4, 0.5) is 11.4 Å². The number of nitrogen functional groups attached to an aromatic ring is 1. The molecule has 0 saturated carbocycles. The first-order chi connectivity index (χ1) is 10.3. The van der Waals surface area contributed by atoms with Crippen molar-refractivity contribution in [3.63, 3.8) is 0 Å². The molecule has 0 fully saturated rings. The highest BCUT2D eigenvalue weighted by Crippen LogP contribution is 2.34. The molecule has 0 bridgehead atoms. The molecule has 1 aliphatic heterocycles. The molecule has 0 unspecified atom stereocenters. The van der Waals surface area contributed by atoms with Crippen molar-refractivity contribution in [2.24, 2.45) is 0 Å². The van der Waals surface area contributed by atoms with E-state index in [1.165, 1.54) is 5.56 Å². The van der Waals surface area contributed by atoms with Crippen molar-refractivity contribution in [2.45, 2.75) is 13.0 Å². The highest BCUT2D eigenvalue weighted by molar-refractivity contribution is 7.13. The second kappa shape index (κ2) is 4.89. The van der Waals surface area contributed by atoms with Crippen LogP contribution in [-0.2, 0) is 13.0 Å². The van der Waals surface area contributed by atoms with Crippen LogP contribution >= 0.6 is 11.3 Å². The zero-order valence-corrected chi connectivity index (χ0v) is 12.1. The highest BCUT2D eigenvalue weighted by atomic mass is 32.1. The van der Waals surface area contributed by atoms with Gasteiger partial charge in [0.2, 0.25) is 5.89 Å². The molecule has 21 heavy (non-hydrogen) atoms. The van der Waals surface area contributed by atoms with Gasteiger partial charge in [0, 0.05) is 6.54 Å². The Bertz CT molecular complexity index is 766. The first-order valence-corrected chi connectivity index (χ1v) is 7.68. The van der Waals surface area contributed by atoms with E-state index in [9.17, 15) is 0 Å². The van der Waals surface area contributed by atoms with Crippen molar-refractivity contribution in [1.29, 1.82) is 0 Å². The van der Waals surface area contributed by atoms with Gasteiger partial charge in [-0.25, -0.2) is 0 Å². The van der Waals surface area contributed by atoms with E-state index in [-0.39, 0.29) is 0 Å². The van der Waals surface area contributed by atoms with Gasteiger partial charge in [-0.1, -0.05) is 18.2 Å². The van der Waals surface area contributed by atoms with E-state index in [1.54, 1.807) is 11.3 Å². The number of rotatable bonds is 3. The standard InChI is InChI=1S/C15H14N4OS/c16-11-4-1-3-10-6-7-19(14(10)11)9-13-17-18-15(20-13)12-5-2-8-21-12/h1-5,8H,6-7,9,16H2. The number of anilines is 2. The van der Waals surface area contributed by atoms with Gasteiger partial charge in [0.05, 0.1) is 22.8 Å².